The van der Waals surface area contributed by atoms with Crippen LogP contribution in [-0.4, -0.2) is 46.3 Å². The maximum atomic E-state index is 13.0. The summed E-state index contributed by atoms with van der Waals surface area (Å²) in [6.45, 7) is 1.06. The molecule has 34 heavy (non-hydrogen) atoms. The number of carbonyl (C=O) groups excluding carboxylic acids is 3. The highest BCUT2D eigenvalue weighted by atomic mass is 32.1. The van der Waals surface area contributed by atoms with Crippen molar-refractivity contribution < 1.29 is 19.1 Å². The number of hydrogen-bond acceptors (Lipinski definition) is 6. The predicted octanol–water partition coefficient (Wildman–Crippen LogP) is 3.79. The van der Waals surface area contributed by atoms with E-state index in [1.807, 2.05) is 23.1 Å². The van der Waals surface area contributed by atoms with E-state index in [-0.39, 0.29) is 24.2 Å². The molecule has 0 fully saturated rings. The monoisotopic (exact) mass is 474 g/mol. The molecule has 2 N–H and O–H groups in total. The first-order valence-electron chi connectivity index (χ1n) is 10.8. The molecule has 2 aromatic heterocycles. The van der Waals surface area contributed by atoms with Gasteiger partial charge in [0.1, 0.15) is 0 Å². The maximum absolute atomic E-state index is 13.0. The summed E-state index contributed by atoms with van der Waals surface area (Å²) in [6, 6.07) is 14.3. The van der Waals surface area contributed by atoms with Crippen molar-refractivity contribution in [1.82, 2.24) is 14.9 Å². The Kier molecular flexibility index (Phi) is 5.85. The number of nitrogens with zero attached hydrogens (tertiary/aromatic N) is 2. The fraction of sp³-hybridized carbons (Fsp3) is 0.200. The van der Waals surface area contributed by atoms with Crippen molar-refractivity contribution in [2.75, 3.05) is 19.0 Å². The number of ether oxygens (including phenoxy) is 1. The van der Waals surface area contributed by atoms with Gasteiger partial charge in [-0.2, -0.15) is 0 Å². The molecule has 0 saturated heterocycles. The van der Waals surface area contributed by atoms with Crippen LogP contribution in [0.5, 0.6) is 0 Å². The van der Waals surface area contributed by atoms with Gasteiger partial charge >= 0.3 is 5.97 Å². The number of carbonyl (C=O) groups is 3. The maximum Gasteiger partial charge on any atom is 0.337 e. The number of amides is 2. The predicted molar refractivity (Wildman–Crippen MR) is 129 cm³/mol. The molecule has 9 heteroatoms. The van der Waals surface area contributed by atoms with Crippen LogP contribution in [0.1, 0.15) is 37.7 Å². The van der Waals surface area contributed by atoms with Gasteiger partial charge < -0.3 is 14.6 Å². The van der Waals surface area contributed by atoms with Gasteiger partial charge in [-0.05, 0) is 30.3 Å². The zero-order valence-electron chi connectivity index (χ0n) is 18.5. The van der Waals surface area contributed by atoms with Crippen LogP contribution in [-0.2, 0) is 28.9 Å². The summed E-state index contributed by atoms with van der Waals surface area (Å²) < 4.78 is 4.84. The summed E-state index contributed by atoms with van der Waals surface area (Å²) in [7, 11) is 1.36. The minimum Gasteiger partial charge on any atom is -0.465 e. The topological polar surface area (TPSA) is 104 Å². The molecule has 1 aliphatic rings. The van der Waals surface area contributed by atoms with Gasteiger partial charge in [-0.25, -0.2) is 9.78 Å². The quantitative estimate of drug-likeness (QED) is 0.428. The zero-order chi connectivity index (χ0) is 23.7. The second-order valence-electron chi connectivity index (χ2n) is 8.04. The van der Waals surface area contributed by atoms with Crippen LogP contribution in [0.4, 0.5) is 5.13 Å². The van der Waals surface area contributed by atoms with E-state index in [0.29, 0.717) is 41.5 Å². The van der Waals surface area contributed by atoms with Gasteiger partial charge in [-0.15, -0.1) is 11.3 Å². The Morgan fingerprint density at radius 2 is 1.97 bits per heavy atom. The fourth-order valence-corrected chi connectivity index (χ4v) is 4.85. The first-order valence-corrected chi connectivity index (χ1v) is 11.7. The first-order chi connectivity index (χ1) is 16.5. The number of aromatic amines is 1. The van der Waals surface area contributed by atoms with Crippen molar-refractivity contribution in [3.05, 3.63) is 82.0 Å². The lowest BCUT2D eigenvalue weighted by atomic mass is 10.0. The highest BCUT2D eigenvalue weighted by Crippen LogP contribution is 2.29. The van der Waals surface area contributed by atoms with Crippen LogP contribution in [0.15, 0.2) is 53.9 Å². The number of thiazole rings is 1. The molecule has 8 nitrogen and oxygen atoms in total. The van der Waals surface area contributed by atoms with E-state index in [2.05, 4.69) is 15.3 Å². The lowest BCUT2D eigenvalue weighted by Gasteiger charge is -2.27. The van der Waals surface area contributed by atoms with E-state index in [9.17, 15) is 14.4 Å². The minimum atomic E-state index is -0.390. The SMILES string of the molecule is COC(=O)c1ccc2[nH]c3c(c2c1)CN(C(=O)Cc1csc(NC(=O)c2ccccc2)n1)CC3. The van der Waals surface area contributed by atoms with Gasteiger partial charge in [-0.1, -0.05) is 18.2 Å². The van der Waals surface area contributed by atoms with E-state index in [0.717, 1.165) is 22.2 Å². The van der Waals surface area contributed by atoms with Crippen molar-refractivity contribution in [1.29, 1.82) is 0 Å². The molecule has 1 aliphatic heterocycles. The van der Waals surface area contributed by atoms with Crippen LogP contribution in [0, 0.1) is 0 Å². The Morgan fingerprint density at radius 1 is 1.15 bits per heavy atom. The molecule has 0 bridgehead atoms. The van der Waals surface area contributed by atoms with Gasteiger partial charge in [0.15, 0.2) is 5.13 Å². The number of methoxy groups -OCH3 is 1. The molecule has 5 rings (SSSR count). The molecule has 0 radical (unpaired) electrons. The van der Waals surface area contributed by atoms with Crippen LogP contribution in [0.2, 0.25) is 0 Å². The van der Waals surface area contributed by atoms with Crippen LogP contribution in [0.3, 0.4) is 0 Å². The lowest BCUT2D eigenvalue weighted by molar-refractivity contribution is -0.131. The molecule has 0 saturated carbocycles. The minimum absolute atomic E-state index is 0.0321. The third-order valence-electron chi connectivity index (χ3n) is 5.89. The van der Waals surface area contributed by atoms with Gasteiger partial charge in [0.05, 0.1) is 24.8 Å². The van der Waals surface area contributed by atoms with Gasteiger partial charge in [0, 0.05) is 52.6 Å². The van der Waals surface area contributed by atoms with Gasteiger partial charge in [0.2, 0.25) is 5.91 Å². The summed E-state index contributed by atoms with van der Waals surface area (Å²) >= 11 is 1.30. The first kappa shape index (κ1) is 21.8. The van der Waals surface area contributed by atoms with Crippen molar-refractivity contribution >= 4 is 45.2 Å². The molecular formula is C25H22N4O4S. The largest absolute Gasteiger partial charge is 0.465 e. The molecule has 0 spiro atoms. The third kappa shape index (κ3) is 4.29. The zero-order valence-corrected chi connectivity index (χ0v) is 19.3. The summed E-state index contributed by atoms with van der Waals surface area (Å²) in [5.41, 5.74) is 4.69. The van der Waals surface area contributed by atoms with Gasteiger partial charge in [-0.3, -0.25) is 14.9 Å². The molecule has 4 aromatic rings. The number of H-pyrrole nitrogens is 1. The number of anilines is 1. The average Bonchev–Trinajstić information content (AvgIpc) is 3.46. The van der Waals surface area contributed by atoms with E-state index in [1.54, 1.807) is 35.7 Å². The summed E-state index contributed by atoms with van der Waals surface area (Å²) in [5, 5.41) is 5.96. The lowest BCUT2D eigenvalue weighted by Crippen LogP contribution is -2.36. The fourth-order valence-electron chi connectivity index (χ4n) is 4.14. The van der Waals surface area contributed by atoms with E-state index >= 15 is 0 Å². The normalized spacial score (nSPS) is 12.9. The van der Waals surface area contributed by atoms with Crippen LogP contribution in [0.25, 0.3) is 10.9 Å². The molecule has 0 unspecified atom stereocenters. The van der Waals surface area contributed by atoms with Gasteiger partial charge in [0.25, 0.3) is 5.91 Å². The molecular weight excluding hydrogens is 452 g/mol. The van der Waals surface area contributed by atoms with Crippen molar-refractivity contribution in [2.24, 2.45) is 0 Å². The van der Waals surface area contributed by atoms with E-state index < -0.39 is 0 Å². The smallest absolute Gasteiger partial charge is 0.337 e. The number of esters is 1. The molecule has 0 aliphatic carbocycles. The summed E-state index contributed by atoms with van der Waals surface area (Å²) in [5.74, 6) is -0.656. The number of hydrogen-bond donors (Lipinski definition) is 2. The Morgan fingerprint density at radius 3 is 2.76 bits per heavy atom. The molecule has 2 aromatic carbocycles. The number of aromatic nitrogens is 2. The second kappa shape index (κ2) is 9.11. The second-order valence-corrected chi connectivity index (χ2v) is 8.90. The highest BCUT2D eigenvalue weighted by Gasteiger charge is 2.25. The van der Waals surface area contributed by atoms with Crippen molar-refractivity contribution in [3.8, 4) is 0 Å². The van der Waals surface area contributed by atoms with Crippen molar-refractivity contribution in [2.45, 2.75) is 19.4 Å². The summed E-state index contributed by atoms with van der Waals surface area (Å²) in [6.07, 6.45) is 0.863. The van der Waals surface area contributed by atoms with E-state index in [4.69, 9.17) is 4.74 Å². The molecule has 2 amide bonds. The number of rotatable bonds is 5. The summed E-state index contributed by atoms with van der Waals surface area (Å²) in [4.78, 5) is 46.9. The standard InChI is InChI=1S/C25H22N4O4S/c1-33-24(32)16-7-8-20-18(11-16)19-13-29(10-9-21(19)27-20)22(30)12-17-14-34-25(26-17)28-23(31)15-5-3-2-4-6-15/h2-8,11,14,27H,9-10,12-13H2,1H3,(H,26,28,31). The average molecular weight is 475 g/mol. The highest BCUT2D eigenvalue weighted by molar-refractivity contribution is 7.14. The number of nitrogens with one attached hydrogen (secondary N) is 2. The molecule has 3 heterocycles. The molecule has 172 valence electrons. The van der Waals surface area contributed by atoms with Crippen molar-refractivity contribution in [3.63, 3.8) is 0 Å². The number of benzene rings is 2. The Hall–Kier alpha value is -3.98. The Labute approximate surface area is 199 Å². The number of fused-ring (bicyclic) bond motifs is 3. The van der Waals surface area contributed by atoms with E-state index in [1.165, 1.54) is 18.4 Å². The third-order valence-corrected chi connectivity index (χ3v) is 6.70. The van der Waals surface area contributed by atoms with Crippen LogP contribution >= 0.6 is 11.3 Å². The van der Waals surface area contributed by atoms with Crippen LogP contribution < -0.4 is 5.32 Å². The molecule has 0 atom stereocenters. The Bertz CT molecular complexity index is 1390. The Balaban J connectivity index is 1.27.